The number of aromatic nitrogens is 1. The molecule has 3 rings (SSSR count). The minimum absolute atomic E-state index is 0.0495. The zero-order valence-corrected chi connectivity index (χ0v) is 11.3. The number of amides is 1. The third kappa shape index (κ3) is 2.77. The van der Waals surface area contributed by atoms with E-state index in [1.165, 1.54) is 0 Å². The van der Waals surface area contributed by atoms with E-state index in [-0.39, 0.29) is 17.5 Å². The smallest absolute Gasteiger partial charge is 0.254 e. The van der Waals surface area contributed by atoms with Gasteiger partial charge in [-0.2, -0.15) is 0 Å². The van der Waals surface area contributed by atoms with E-state index in [1.807, 2.05) is 12.1 Å². The van der Waals surface area contributed by atoms with E-state index in [0.29, 0.717) is 6.54 Å². The van der Waals surface area contributed by atoms with Crippen LogP contribution in [0.1, 0.15) is 34.8 Å². The molecule has 0 N–H and O–H groups in total. The van der Waals surface area contributed by atoms with Crippen LogP contribution in [0.15, 0.2) is 42.7 Å². The summed E-state index contributed by atoms with van der Waals surface area (Å²) in [6.07, 6.45) is 5.07. The lowest BCUT2D eigenvalue weighted by molar-refractivity contribution is 0.0734. The third-order valence-electron chi connectivity index (χ3n) is 3.71. The highest BCUT2D eigenvalue weighted by Crippen LogP contribution is 2.32. The molecule has 0 spiro atoms. The van der Waals surface area contributed by atoms with Crippen LogP contribution in [-0.4, -0.2) is 22.3 Å². The second kappa shape index (κ2) is 5.60. The van der Waals surface area contributed by atoms with Gasteiger partial charge in [0.15, 0.2) is 0 Å². The van der Waals surface area contributed by atoms with Gasteiger partial charge in [-0.1, -0.05) is 0 Å². The summed E-state index contributed by atoms with van der Waals surface area (Å²) >= 11 is 0. The van der Waals surface area contributed by atoms with Crippen molar-refractivity contribution in [3.05, 3.63) is 65.5 Å². The topological polar surface area (TPSA) is 33.2 Å². The molecule has 0 saturated carbocycles. The van der Waals surface area contributed by atoms with E-state index in [9.17, 15) is 13.6 Å². The molecule has 2 heterocycles. The van der Waals surface area contributed by atoms with Crippen molar-refractivity contribution in [1.29, 1.82) is 0 Å². The molecule has 1 unspecified atom stereocenters. The molecular weight excluding hydrogens is 274 g/mol. The monoisotopic (exact) mass is 288 g/mol. The van der Waals surface area contributed by atoms with Gasteiger partial charge in [0.25, 0.3) is 5.91 Å². The lowest BCUT2D eigenvalue weighted by Gasteiger charge is -2.25. The molecule has 1 aromatic carbocycles. The van der Waals surface area contributed by atoms with Crippen LogP contribution in [0.2, 0.25) is 0 Å². The number of hydrogen-bond acceptors (Lipinski definition) is 2. The standard InChI is InChI=1S/C16H14F2N2O/c17-13-8-12(9-14(18)10-13)16(21)20-7-1-2-15(20)11-3-5-19-6-4-11/h3-6,8-10,15H,1-2,7H2. The van der Waals surface area contributed by atoms with Crippen molar-refractivity contribution in [3.8, 4) is 0 Å². The first-order valence-corrected chi connectivity index (χ1v) is 6.82. The van der Waals surface area contributed by atoms with Crippen molar-refractivity contribution >= 4 is 5.91 Å². The Morgan fingerprint density at radius 2 is 1.81 bits per heavy atom. The Morgan fingerprint density at radius 3 is 2.48 bits per heavy atom. The summed E-state index contributed by atoms with van der Waals surface area (Å²) in [5.41, 5.74) is 1.04. The fraction of sp³-hybridized carbons (Fsp3) is 0.250. The van der Waals surface area contributed by atoms with Crippen molar-refractivity contribution in [2.45, 2.75) is 18.9 Å². The number of halogens is 2. The molecule has 1 amide bonds. The number of benzene rings is 1. The normalized spacial score (nSPS) is 18.0. The maximum absolute atomic E-state index is 13.3. The molecule has 1 aliphatic rings. The van der Waals surface area contributed by atoms with Crippen LogP contribution in [-0.2, 0) is 0 Å². The Balaban J connectivity index is 1.90. The van der Waals surface area contributed by atoms with E-state index >= 15 is 0 Å². The first-order chi connectivity index (χ1) is 10.1. The molecule has 2 aromatic rings. The lowest BCUT2D eigenvalue weighted by atomic mass is 10.1. The molecule has 1 saturated heterocycles. The van der Waals surface area contributed by atoms with Gasteiger partial charge in [-0.15, -0.1) is 0 Å². The second-order valence-corrected chi connectivity index (χ2v) is 5.10. The number of nitrogens with zero attached hydrogens (tertiary/aromatic N) is 2. The van der Waals surface area contributed by atoms with Gasteiger partial charge in [0, 0.05) is 30.6 Å². The molecule has 5 heteroatoms. The first kappa shape index (κ1) is 13.7. The van der Waals surface area contributed by atoms with Crippen LogP contribution >= 0.6 is 0 Å². The van der Waals surface area contributed by atoms with Crippen LogP contribution in [0.3, 0.4) is 0 Å². The van der Waals surface area contributed by atoms with Crippen molar-refractivity contribution in [1.82, 2.24) is 9.88 Å². The van der Waals surface area contributed by atoms with E-state index in [1.54, 1.807) is 17.3 Å². The zero-order valence-electron chi connectivity index (χ0n) is 11.3. The average molecular weight is 288 g/mol. The summed E-state index contributed by atoms with van der Waals surface area (Å²) in [6, 6.07) is 6.58. The van der Waals surface area contributed by atoms with E-state index in [0.717, 1.165) is 36.6 Å². The highest BCUT2D eigenvalue weighted by atomic mass is 19.1. The molecule has 21 heavy (non-hydrogen) atoms. The van der Waals surface area contributed by atoms with E-state index < -0.39 is 11.6 Å². The summed E-state index contributed by atoms with van der Waals surface area (Å²) < 4.78 is 26.6. The van der Waals surface area contributed by atoms with E-state index in [2.05, 4.69) is 4.98 Å². The molecule has 0 aliphatic carbocycles. The minimum Gasteiger partial charge on any atom is -0.332 e. The molecule has 3 nitrogen and oxygen atoms in total. The summed E-state index contributed by atoms with van der Waals surface area (Å²) in [5, 5.41) is 0. The summed E-state index contributed by atoms with van der Waals surface area (Å²) in [5.74, 6) is -1.82. The molecule has 1 atom stereocenters. The number of pyridine rings is 1. The van der Waals surface area contributed by atoms with Gasteiger partial charge in [0.1, 0.15) is 11.6 Å². The highest BCUT2D eigenvalue weighted by Gasteiger charge is 2.30. The van der Waals surface area contributed by atoms with Crippen LogP contribution in [0.4, 0.5) is 8.78 Å². The van der Waals surface area contributed by atoms with E-state index in [4.69, 9.17) is 0 Å². The van der Waals surface area contributed by atoms with Crippen LogP contribution in [0, 0.1) is 11.6 Å². The first-order valence-electron chi connectivity index (χ1n) is 6.82. The number of hydrogen-bond donors (Lipinski definition) is 0. The zero-order chi connectivity index (χ0) is 14.8. The predicted octanol–water partition coefficient (Wildman–Crippen LogP) is 3.34. The number of carbonyl (C=O) groups excluding carboxylic acids is 1. The average Bonchev–Trinajstić information content (AvgIpc) is 2.95. The predicted molar refractivity (Wildman–Crippen MR) is 73.6 cm³/mol. The third-order valence-corrected chi connectivity index (χ3v) is 3.71. The lowest BCUT2D eigenvalue weighted by Crippen LogP contribution is -2.30. The van der Waals surface area contributed by atoms with Gasteiger partial charge in [-0.25, -0.2) is 8.78 Å². The molecule has 108 valence electrons. The molecule has 0 radical (unpaired) electrons. The highest BCUT2D eigenvalue weighted by molar-refractivity contribution is 5.94. The summed E-state index contributed by atoms with van der Waals surface area (Å²) in [4.78, 5) is 18.1. The molecule has 1 aromatic heterocycles. The largest absolute Gasteiger partial charge is 0.332 e. The summed E-state index contributed by atoms with van der Waals surface area (Å²) in [6.45, 7) is 0.587. The van der Waals surface area contributed by atoms with Crippen molar-refractivity contribution in [2.75, 3.05) is 6.54 Å². The Hall–Kier alpha value is -2.30. The number of likely N-dealkylation sites (tertiary alicyclic amines) is 1. The van der Waals surface area contributed by atoms with Crippen molar-refractivity contribution < 1.29 is 13.6 Å². The molecular formula is C16H14F2N2O. The van der Waals surface area contributed by atoms with Crippen LogP contribution in [0.5, 0.6) is 0 Å². The molecule has 1 aliphatic heterocycles. The Labute approximate surface area is 121 Å². The fourth-order valence-electron chi connectivity index (χ4n) is 2.79. The Bertz CT molecular complexity index is 640. The maximum atomic E-state index is 13.3. The number of rotatable bonds is 2. The Morgan fingerprint density at radius 1 is 1.14 bits per heavy atom. The van der Waals surface area contributed by atoms with Crippen LogP contribution in [0.25, 0.3) is 0 Å². The SMILES string of the molecule is O=C(c1cc(F)cc(F)c1)N1CCCC1c1ccncc1. The molecule has 1 fully saturated rings. The second-order valence-electron chi connectivity index (χ2n) is 5.10. The summed E-state index contributed by atoms with van der Waals surface area (Å²) in [7, 11) is 0. The van der Waals surface area contributed by atoms with Gasteiger partial charge in [0.05, 0.1) is 6.04 Å². The number of carbonyl (C=O) groups is 1. The van der Waals surface area contributed by atoms with Gasteiger partial charge in [-0.05, 0) is 42.7 Å². The quantitative estimate of drug-likeness (QED) is 0.849. The van der Waals surface area contributed by atoms with Gasteiger partial charge >= 0.3 is 0 Å². The van der Waals surface area contributed by atoms with Gasteiger partial charge in [-0.3, -0.25) is 9.78 Å². The van der Waals surface area contributed by atoms with Crippen molar-refractivity contribution in [3.63, 3.8) is 0 Å². The molecule has 0 bridgehead atoms. The maximum Gasteiger partial charge on any atom is 0.254 e. The fourth-order valence-corrected chi connectivity index (χ4v) is 2.79. The van der Waals surface area contributed by atoms with Crippen LogP contribution < -0.4 is 0 Å². The van der Waals surface area contributed by atoms with Gasteiger partial charge in [0.2, 0.25) is 0 Å². The minimum atomic E-state index is -0.738. The Kier molecular flexibility index (Phi) is 3.64. The van der Waals surface area contributed by atoms with Gasteiger partial charge < -0.3 is 4.90 Å². The van der Waals surface area contributed by atoms with Crippen molar-refractivity contribution in [2.24, 2.45) is 0 Å².